The Bertz CT molecular complexity index is 1260. The fourth-order valence-electron chi connectivity index (χ4n) is 3.99. The van der Waals surface area contributed by atoms with E-state index in [4.69, 9.17) is 39.5 Å². The van der Waals surface area contributed by atoms with Crippen molar-refractivity contribution >= 4 is 62.3 Å². The molecule has 1 unspecified atom stereocenters. The molecule has 2 aromatic rings. The van der Waals surface area contributed by atoms with E-state index in [1.807, 2.05) is 20.8 Å². The molecule has 0 aliphatic heterocycles. The molecule has 1 N–H and O–H groups in total. The monoisotopic (exact) mass is 619 g/mol. The molecule has 2 amide bonds. The molecule has 0 aliphatic rings. The fraction of sp³-hybridized carbons (Fsp3) is 0.481. The van der Waals surface area contributed by atoms with Gasteiger partial charge in [-0.25, -0.2) is 8.42 Å². The zero-order chi connectivity index (χ0) is 29.3. The van der Waals surface area contributed by atoms with Crippen LogP contribution in [0.1, 0.15) is 45.6 Å². The summed E-state index contributed by atoms with van der Waals surface area (Å²) in [5, 5.41) is 3.92. The summed E-state index contributed by atoms with van der Waals surface area (Å²) >= 11 is 18.5. The summed E-state index contributed by atoms with van der Waals surface area (Å²) in [4.78, 5) is 28.1. The van der Waals surface area contributed by atoms with Crippen molar-refractivity contribution in [1.29, 1.82) is 0 Å². The summed E-state index contributed by atoms with van der Waals surface area (Å²) in [6.45, 7) is 6.50. The molecule has 8 nitrogen and oxygen atoms in total. The highest BCUT2D eigenvalue weighted by Crippen LogP contribution is 2.30. The van der Waals surface area contributed by atoms with Gasteiger partial charge in [-0.05, 0) is 54.7 Å². The Balaban J connectivity index is 2.26. The van der Waals surface area contributed by atoms with E-state index in [2.05, 4.69) is 5.32 Å². The van der Waals surface area contributed by atoms with E-state index in [1.54, 1.807) is 30.3 Å². The van der Waals surface area contributed by atoms with Crippen LogP contribution in [0.15, 0.2) is 36.4 Å². The van der Waals surface area contributed by atoms with E-state index in [1.165, 1.54) is 22.4 Å². The van der Waals surface area contributed by atoms with E-state index < -0.39 is 16.1 Å². The predicted octanol–water partition coefficient (Wildman–Crippen LogP) is 5.78. The zero-order valence-corrected chi connectivity index (χ0v) is 25.9. The van der Waals surface area contributed by atoms with Crippen LogP contribution in [0.5, 0.6) is 5.75 Å². The molecule has 39 heavy (non-hydrogen) atoms. The van der Waals surface area contributed by atoms with Gasteiger partial charge in [0.15, 0.2) is 0 Å². The molecule has 0 spiro atoms. The summed E-state index contributed by atoms with van der Waals surface area (Å²) in [6.07, 6.45) is 1.73. The topological polar surface area (TPSA) is 96.0 Å². The molecular weight excluding hydrogens is 585 g/mol. The van der Waals surface area contributed by atoms with Gasteiger partial charge < -0.3 is 15.0 Å². The number of nitrogens with zero attached hydrogens (tertiary/aromatic N) is 2. The lowest BCUT2D eigenvalue weighted by atomic mass is 10.1. The van der Waals surface area contributed by atoms with Crippen molar-refractivity contribution in [2.24, 2.45) is 5.92 Å². The Morgan fingerprint density at radius 3 is 2.26 bits per heavy atom. The number of carbonyl (C=O) groups is 2. The number of sulfonamides is 1. The number of ether oxygens (including phenoxy) is 1. The molecule has 0 saturated carbocycles. The minimum absolute atomic E-state index is 0.0190. The van der Waals surface area contributed by atoms with Crippen LogP contribution in [0.4, 0.5) is 5.69 Å². The Morgan fingerprint density at radius 1 is 1.03 bits per heavy atom. The molecular formula is C27H36Cl3N3O5S. The summed E-state index contributed by atoms with van der Waals surface area (Å²) in [7, 11) is -2.19. The first-order chi connectivity index (χ1) is 18.3. The van der Waals surface area contributed by atoms with Gasteiger partial charge in [-0.1, -0.05) is 61.6 Å². The van der Waals surface area contributed by atoms with Gasteiger partial charge in [0.05, 0.1) is 34.1 Å². The van der Waals surface area contributed by atoms with Crippen molar-refractivity contribution in [3.8, 4) is 5.75 Å². The summed E-state index contributed by atoms with van der Waals surface area (Å²) in [5.74, 6) is 0.140. The highest BCUT2D eigenvalue weighted by atomic mass is 35.5. The van der Waals surface area contributed by atoms with Gasteiger partial charge in [0.25, 0.3) is 0 Å². The van der Waals surface area contributed by atoms with Crippen LogP contribution in [-0.4, -0.2) is 57.6 Å². The maximum atomic E-state index is 13.5. The summed E-state index contributed by atoms with van der Waals surface area (Å²) in [6, 6.07) is 9.04. The molecule has 0 heterocycles. The number of nitrogens with one attached hydrogen (secondary N) is 1. The van der Waals surface area contributed by atoms with Crippen molar-refractivity contribution < 1.29 is 22.7 Å². The van der Waals surface area contributed by atoms with E-state index in [0.29, 0.717) is 34.4 Å². The first kappa shape index (κ1) is 33.0. The number of hydrogen-bond donors (Lipinski definition) is 1. The lowest BCUT2D eigenvalue weighted by Crippen LogP contribution is -2.49. The van der Waals surface area contributed by atoms with Crippen molar-refractivity contribution in [2.45, 2.75) is 52.6 Å². The highest BCUT2D eigenvalue weighted by molar-refractivity contribution is 7.92. The van der Waals surface area contributed by atoms with E-state index in [9.17, 15) is 18.0 Å². The van der Waals surface area contributed by atoms with Gasteiger partial charge in [-0.2, -0.15) is 0 Å². The van der Waals surface area contributed by atoms with Crippen molar-refractivity contribution in [3.05, 3.63) is 57.0 Å². The van der Waals surface area contributed by atoms with E-state index in [0.717, 1.165) is 11.8 Å². The van der Waals surface area contributed by atoms with Gasteiger partial charge in [0, 0.05) is 26.1 Å². The molecule has 0 saturated heterocycles. The lowest BCUT2D eigenvalue weighted by Gasteiger charge is -2.31. The number of halogens is 3. The van der Waals surface area contributed by atoms with Crippen LogP contribution in [0.25, 0.3) is 0 Å². The maximum Gasteiger partial charge on any atom is 0.242 e. The van der Waals surface area contributed by atoms with Crippen LogP contribution < -0.4 is 14.4 Å². The average Bonchev–Trinajstić information content (AvgIpc) is 2.86. The molecule has 0 aliphatic carbocycles. The second-order valence-corrected chi connectivity index (χ2v) is 12.7. The molecule has 0 fully saturated rings. The first-order valence-corrected chi connectivity index (χ1v) is 15.6. The van der Waals surface area contributed by atoms with Crippen molar-refractivity contribution in [2.75, 3.05) is 30.8 Å². The van der Waals surface area contributed by atoms with Gasteiger partial charge >= 0.3 is 0 Å². The van der Waals surface area contributed by atoms with E-state index >= 15 is 0 Å². The fourth-order valence-corrected chi connectivity index (χ4v) is 5.52. The number of rotatable bonds is 14. The Hall–Kier alpha value is -2.20. The quantitative estimate of drug-likeness (QED) is 0.289. The van der Waals surface area contributed by atoms with Gasteiger partial charge in [-0.15, -0.1) is 0 Å². The van der Waals surface area contributed by atoms with Crippen molar-refractivity contribution in [3.63, 3.8) is 0 Å². The Labute approximate surface area is 246 Å². The SMILES string of the molecule is CCC(C(=O)NCC(C)C)N(Cc1ccc(Cl)c(Cl)c1)C(=O)CCCN(c1ccc(OC)c(Cl)c1)S(C)(=O)=O. The van der Waals surface area contributed by atoms with Gasteiger partial charge in [0.1, 0.15) is 11.8 Å². The summed E-state index contributed by atoms with van der Waals surface area (Å²) in [5.41, 5.74) is 1.08. The molecule has 1 atom stereocenters. The number of benzene rings is 2. The largest absolute Gasteiger partial charge is 0.495 e. The van der Waals surface area contributed by atoms with Crippen LogP contribution in [0, 0.1) is 5.92 Å². The van der Waals surface area contributed by atoms with Crippen molar-refractivity contribution in [1.82, 2.24) is 10.2 Å². The number of hydrogen-bond acceptors (Lipinski definition) is 5. The summed E-state index contributed by atoms with van der Waals surface area (Å²) < 4.78 is 31.5. The number of carbonyl (C=O) groups excluding carboxylic acids is 2. The Kier molecular flexibility index (Phi) is 12.7. The van der Waals surface area contributed by atoms with E-state index in [-0.39, 0.29) is 48.7 Å². The standard InChI is InChI=1S/C27H36Cl3N3O5S/c1-6-24(27(35)31-16-18(2)3)32(17-19-9-11-21(28)22(29)14-19)26(34)8-7-13-33(39(5,36)37)20-10-12-25(38-4)23(30)15-20/h9-12,14-15,18,24H,6-8,13,16-17H2,1-5H3,(H,31,35). The number of methoxy groups -OCH3 is 1. The van der Waals surface area contributed by atoms with Crippen LogP contribution in [-0.2, 0) is 26.2 Å². The zero-order valence-electron chi connectivity index (χ0n) is 22.8. The number of amides is 2. The first-order valence-electron chi connectivity index (χ1n) is 12.6. The second kappa shape index (κ2) is 15.0. The minimum atomic E-state index is -3.66. The third-order valence-electron chi connectivity index (χ3n) is 5.98. The number of anilines is 1. The lowest BCUT2D eigenvalue weighted by molar-refractivity contribution is -0.141. The van der Waals surface area contributed by atoms with Crippen LogP contribution >= 0.6 is 34.8 Å². The molecule has 0 aromatic heterocycles. The normalized spacial score (nSPS) is 12.2. The third kappa shape index (κ3) is 9.74. The van der Waals surface area contributed by atoms with Crippen LogP contribution in [0.2, 0.25) is 15.1 Å². The molecule has 2 aromatic carbocycles. The smallest absolute Gasteiger partial charge is 0.242 e. The molecule has 0 bridgehead atoms. The Morgan fingerprint density at radius 2 is 1.72 bits per heavy atom. The molecule has 216 valence electrons. The molecule has 0 radical (unpaired) electrons. The maximum absolute atomic E-state index is 13.5. The molecule has 12 heteroatoms. The second-order valence-electron chi connectivity index (χ2n) is 9.59. The third-order valence-corrected chi connectivity index (χ3v) is 8.21. The molecule has 2 rings (SSSR count). The minimum Gasteiger partial charge on any atom is -0.495 e. The van der Waals surface area contributed by atoms with Gasteiger partial charge in [-0.3, -0.25) is 13.9 Å². The van der Waals surface area contributed by atoms with Gasteiger partial charge in [0.2, 0.25) is 21.8 Å². The predicted molar refractivity (Wildman–Crippen MR) is 158 cm³/mol. The van der Waals surface area contributed by atoms with Crippen LogP contribution in [0.3, 0.4) is 0 Å². The highest BCUT2D eigenvalue weighted by Gasteiger charge is 2.29. The average molecular weight is 621 g/mol.